The van der Waals surface area contributed by atoms with Crippen LogP contribution in [0.5, 0.6) is 0 Å². The number of carbonyl (C=O) groups is 1. The number of unbranched alkanes of at least 4 members (excludes halogenated alkanes) is 2. The molecule has 2 aliphatic heterocycles. The lowest BCUT2D eigenvalue weighted by molar-refractivity contribution is -0.208. The minimum absolute atomic E-state index is 0.0826. The highest BCUT2D eigenvalue weighted by molar-refractivity contribution is 5.67. The zero-order valence-electron chi connectivity index (χ0n) is 20.5. The van der Waals surface area contributed by atoms with E-state index in [1.165, 1.54) is 0 Å². The van der Waals surface area contributed by atoms with Gasteiger partial charge in [0, 0.05) is 31.5 Å². The molecule has 0 amide bonds. The molecule has 0 aromatic carbocycles. The Morgan fingerprint density at radius 1 is 1.09 bits per heavy atom. The van der Waals surface area contributed by atoms with Crippen molar-refractivity contribution in [2.75, 3.05) is 13.2 Å². The van der Waals surface area contributed by atoms with Crippen LogP contribution in [0.1, 0.15) is 90.9 Å². The maximum Gasteiger partial charge on any atom is 0.303 e. The molecule has 0 spiro atoms. The highest BCUT2D eigenvalue weighted by Crippen LogP contribution is 2.40. The number of carboxylic acid groups (broad SMARTS) is 1. The molecule has 2 heterocycles. The average Bonchev–Trinajstić information content (AvgIpc) is 3.07. The summed E-state index contributed by atoms with van der Waals surface area (Å²) in [5.74, 6) is -1.49. The lowest BCUT2D eigenvalue weighted by Crippen LogP contribution is -2.36. The summed E-state index contributed by atoms with van der Waals surface area (Å²) in [7, 11) is 0. The Bertz CT molecular complexity index is 612. The molecule has 0 radical (unpaired) electrons. The van der Waals surface area contributed by atoms with Gasteiger partial charge in [-0.1, -0.05) is 38.3 Å². The van der Waals surface area contributed by atoms with E-state index in [1.54, 1.807) is 0 Å². The second-order valence-electron chi connectivity index (χ2n) is 10.2. The number of hydrogen-bond donors (Lipinski definition) is 2. The zero-order valence-corrected chi connectivity index (χ0v) is 20.5. The fourth-order valence-corrected chi connectivity index (χ4v) is 5.33. The summed E-state index contributed by atoms with van der Waals surface area (Å²) >= 11 is 0. The van der Waals surface area contributed by atoms with Crippen LogP contribution in [-0.4, -0.2) is 59.8 Å². The number of aliphatic hydroxyl groups excluding tert-OH is 1. The third kappa shape index (κ3) is 8.32. The van der Waals surface area contributed by atoms with Gasteiger partial charge in [-0.25, -0.2) is 0 Å². The Morgan fingerprint density at radius 3 is 2.39 bits per heavy atom. The van der Waals surface area contributed by atoms with Crippen molar-refractivity contribution in [3.8, 4) is 0 Å². The van der Waals surface area contributed by atoms with Crippen molar-refractivity contribution in [1.82, 2.24) is 0 Å². The molecule has 7 nitrogen and oxygen atoms in total. The van der Waals surface area contributed by atoms with Crippen molar-refractivity contribution >= 4 is 5.97 Å². The minimum atomic E-state index is -0.899. The topological polar surface area (TPSA) is 94.5 Å². The molecule has 2 N–H and O–H groups in total. The zero-order chi connectivity index (χ0) is 23.7. The Kier molecular flexibility index (Phi) is 10.6. The summed E-state index contributed by atoms with van der Waals surface area (Å²) in [6.07, 6.45) is 13.2. The van der Waals surface area contributed by atoms with E-state index in [2.05, 4.69) is 19.9 Å². The lowest BCUT2D eigenvalue weighted by atomic mass is 9.87. The second kappa shape index (κ2) is 13.2. The standard InChI is InChI=1S/C26H44O7/c1-3-4-7-13-26(2,33-25-11-6-9-16-31-25)14-12-19-20(17-23(28)29)21(27)18-22(19)32-24-10-5-8-15-30-24/h12,14,19-22,24-25,27H,3-11,13,15-18H2,1-2H3,(H,28,29)/t19?,20?,21?,22?,24?,25?,26-/m0/s1. The molecule has 6 unspecified atom stereocenters. The predicted octanol–water partition coefficient (Wildman–Crippen LogP) is 4.81. The molecule has 3 aliphatic rings. The number of ether oxygens (including phenoxy) is 4. The molecule has 33 heavy (non-hydrogen) atoms. The van der Waals surface area contributed by atoms with Crippen LogP contribution in [0.25, 0.3) is 0 Å². The molecule has 7 heteroatoms. The maximum atomic E-state index is 11.5. The summed E-state index contributed by atoms with van der Waals surface area (Å²) in [6.45, 7) is 5.69. The van der Waals surface area contributed by atoms with Gasteiger partial charge < -0.3 is 29.2 Å². The third-order valence-electron chi connectivity index (χ3n) is 7.25. The number of aliphatic hydroxyl groups is 1. The van der Waals surface area contributed by atoms with Crippen LogP contribution in [0.3, 0.4) is 0 Å². The van der Waals surface area contributed by atoms with Crippen LogP contribution < -0.4 is 0 Å². The summed E-state index contributed by atoms with van der Waals surface area (Å²) in [5, 5.41) is 20.2. The van der Waals surface area contributed by atoms with Gasteiger partial charge in [0.1, 0.15) is 0 Å². The Hall–Kier alpha value is -0.990. The number of carboxylic acids is 1. The number of aliphatic carboxylic acids is 1. The van der Waals surface area contributed by atoms with Crippen molar-refractivity contribution in [3.63, 3.8) is 0 Å². The first-order valence-corrected chi connectivity index (χ1v) is 13.1. The molecule has 1 aliphatic carbocycles. The van der Waals surface area contributed by atoms with Crippen LogP contribution in [0.15, 0.2) is 12.2 Å². The van der Waals surface area contributed by atoms with Crippen LogP contribution in [0.2, 0.25) is 0 Å². The van der Waals surface area contributed by atoms with Gasteiger partial charge in [-0.3, -0.25) is 4.79 Å². The number of hydrogen-bond acceptors (Lipinski definition) is 6. The molecule has 2 saturated heterocycles. The van der Waals surface area contributed by atoms with Gasteiger partial charge in [-0.05, 0) is 51.9 Å². The third-order valence-corrected chi connectivity index (χ3v) is 7.25. The van der Waals surface area contributed by atoms with Crippen molar-refractivity contribution in [3.05, 3.63) is 12.2 Å². The average molecular weight is 469 g/mol. The Balaban J connectivity index is 1.75. The van der Waals surface area contributed by atoms with Crippen LogP contribution in [0.4, 0.5) is 0 Å². The number of rotatable bonds is 12. The first-order valence-electron chi connectivity index (χ1n) is 13.1. The van der Waals surface area contributed by atoms with E-state index < -0.39 is 23.6 Å². The van der Waals surface area contributed by atoms with Gasteiger partial charge in [0.25, 0.3) is 0 Å². The van der Waals surface area contributed by atoms with E-state index in [-0.39, 0.29) is 31.0 Å². The Morgan fingerprint density at radius 2 is 1.79 bits per heavy atom. The van der Waals surface area contributed by atoms with Crippen LogP contribution >= 0.6 is 0 Å². The normalized spacial score (nSPS) is 35.0. The molecule has 3 rings (SSSR count). The van der Waals surface area contributed by atoms with E-state index in [9.17, 15) is 15.0 Å². The smallest absolute Gasteiger partial charge is 0.303 e. The van der Waals surface area contributed by atoms with Gasteiger partial charge in [0.2, 0.25) is 0 Å². The molecular formula is C26H44O7. The van der Waals surface area contributed by atoms with Gasteiger partial charge in [-0.2, -0.15) is 0 Å². The van der Waals surface area contributed by atoms with E-state index >= 15 is 0 Å². The van der Waals surface area contributed by atoms with Gasteiger partial charge >= 0.3 is 5.97 Å². The van der Waals surface area contributed by atoms with E-state index in [0.717, 1.165) is 70.8 Å². The quantitative estimate of drug-likeness (QED) is 0.314. The van der Waals surface area contributed by atoms with Gasteiger partial charge in [0.05, 0.1) is 24.2 Å². The fraction of sp³-hybridized carbons (Fsp3) is 0.885. The van der Waals surface area contributed by atoms with Crippen molar-refractivity contribution in [2.45, 2.75) is 121 Å². The summed E-state index contributed by atoms with van der Waals surface area (Å²) in [4.78, 5) is 11.5. The summed E-state index contributed by atoms with van der Waals surface area (Å²) in [5.41, 5.74) is -0.510. The first-order chi connectivity index (χ1) is 15.9. The molecule has 0 bridgehead atoms. The van der Waals surface area contributed by atoms with Crippen molar-refractivity contribution in [2.24, 2.45) is 11.8 Å². The maximum absolute atomic E-state index is 11.5. The monoisotopic (exact) mass is 468 g/mol. The molecule has 0 aromatic rings. The molecular weight excluding hydrogens is 424 g/mol. The Labute approximate surface area is 198 Å². The highest BCUT2D eigenvalue weighted by atomic mass is 16.7. The van der Waals surface area contributed by atoms with Crippen LogP contribution in [-0.2, 0) is 23.7 Å². The van der Waals surface area contributed by atoms with E-state index in [1.807, 2.05) is 6.08 Å². The van der Waals surface area contributed by atoms with Crippen molar-refractivity contribution in [1.29, 1.82) is 0 Å². The minimum Gasteiger partial charge on any atom is -0.481 e. The largest absolute Gasteiger partial charge is 0.481 e. The molecule has 0 aromatic heterocycles. The summed E-state index contributed by atoms with van der Waals surface area (Å²) in [6, 6.07) is 0. The van der Waals surface area contributed by atoms with Crippen LogP contribution in [0, 0.1) is 11.8 Å². The summed E-state index contributed by atoms with van der Waals surface area (Å²) < 4.78 is 24.3. The molecule has 3 fully saturated rings. The van der Waals surface area contributed by atoms with Crippen molar-refractivity contribution < 1.29 is 34.0 Å². The van der Waals surface area contributed by atoms with Gasteiger partial charge in [-0.15, -0.1) is 0 Å². The van der Waals surface area contributed by atoms with Gasteiger partial charge in [0.15, 0.2) is 12.6 Å². The van der Waals surface area contributed by atoms with E-state index in [0.29, 0.717) is 13.0 Å². The second-order valence-corrected chi connectivity index (χ2v) is 10.2. The first kappa shape index (κ1) is 26.6. The molecule has 7 atom stereocenters. The SMILES string of the molecule is CCCCC[C@@](C)(C=CC1C(OC2CCCCO2)CC(O)C1CC(=O)O)OC1CCCCO1. The predicted molar refractivity (Wildman–Crippen MR) is 125 cm³/mol. The lowest BCUT2D eigenvalue weighted by Gasteiger charge is -2.34. The van der Waals surface area contributed by atoms with E-state index in [4.69, 9.17) is 18.9 Å². The fourth-order valence-electron chi connectivity index (χ4n) is 5.33. The molecule has 1 saturated carbocycles. The molecule has 190 valence electrons. The highest BCUT2D eigenvalue weighted by Gasteiger charge is 2.44.